The van der Waals surface area contributed by atoms with E-state index in [1.165, 1.54) is 18.3 Å². The Labute approximate surface area is 112 Å². The lowest BCUT2D eigenvalue weighted by atomic mass is 10.2. The third-order valence-electron chi connectivity index (χ3n) is 2.45. The van der Waals surface area contributed by atoms with Gasteiger partial charge < -0.3 is 15.6 Å². The van der Waals surface area contributed by atoms with Crippen LogP contribution in [0.15, 0.2) is 36.7 Å². The number of carboxylic acids is 1. The highest BCUT2D eigenvalue weighted by Crippen LogP contribution is 2.26. The van der Waals surface area contributed by atoms with Crippen LogP contribution in [-0.4, -0.2) is 22.0 Å². The zero-order valence-corrected chi connectivity index (χ0v) is 10.0. The first-order chi connectivity index (χ1) is 9.49. The first-order valence-electron chi connectivity index (χ1n) is 5.43. The van der Waals surface area contributed by atoms with Crippen molar-refractivity contribution in [3.63, 3.8) is 0 Å². The van der Waals surface area contributed by atoms with Gasteiger partial charge in [0, 0.05) is 24.5 Å². The molecule has 6 nitrogen and oxygen atoms in total. The normalized spacial score (nSPS) is 10.1. The van der Waals surface area contributed by atoms with Crippen LogP contribution in [0, 0.1) is 5.82 Å². The molecule has 0 unspecified atom stereocenters. The number of nitrogens with zero attached hydrogens (tertiary/aromatic N) is 1. The average Bonchev–Trinajstić information content (AvgIpc) is 2.38. The summed E-state index contributed by atoms with van der Waals surface area (Å²) in [4.78, 5) is 25.5. The first kappa shape index (κ1) is 13.5. The number of hydrogen-bond acceptors (Lipinski definition) is 4. The van der Waals surface area contributed by atoms with Crippen molar-refractivity contribution in [2.24, 2.45) is 5.73 Å². The van der Waals surface area contributed by atoms with Crippen molar-refractivity contribution in [3.8, 4) is 11.5 Å². The van der Waals surface area contributed by atoms with Gasteiger partial charge in [0.1, 0.15) is 22.9 Å². The van der Waals surface area contributed by atoms with E-state index < -0.39 is 17.7 Å². The van der Waals surface area contributed by atoms with Crippen molar-refractivity contribution in [2.45, 2.75) is 0 Å². The maximum atomic E-state index is 13.6. The largest absolute Gasteiger partial charge is 0.477 e. The molecule has 2 aromatic rings. The van der Waals surface area contributed by atoms with E-state index in [1.807, 2.05) is 0 Å². The predicted molar refractivity (Wildman–Crippen MR) is 66.2 cm³/mol. The van der Waals surface area contributed by atoms with Crippen molar-refractivity contribution in [1.82, 2.24) is 4.98 Å². The molecule has 20 heavy (non-hydrogen) atoms. The van der Waals surface area contributed by atoms with Gasteiger partial charge >= 0.3 is 5.97 Å². The van der Waals surface area contributed by atoms with Crippen molar-refractivity contribution in [2.75, 3.05) is 0 Å². The Morgan fingerprint density at radius 2 is 2.00 bits per heavy atom. The minimum Gasteiger partial charge on any atom is -0.477 e. The quantitative estimate of drug-likeness (QED) is 0.886. The van der Waals surface area contributed by atoms with E-state index in [1.54, 1.807) is 0 Å². The van der Waals surface area contributed by atoms with E-state index in [0.29, 0.717) is 0 Å². The molecule has 0 saturated heterocycles. The van der Waals surface area contributed by atoms with Gasteiger partial charge in [-0.2, -0.15) is 0 Å². The molecule has 0 atom stereocenters. The second-order valence-electron chi connectivity index (χ2n) is 3.78. The molecule has 0 spiro atoms. The van der Waals surface area contributed by atoms with E-state index in [0.717, 1.165) is 18.3 Å². The Kier molecular flexibility index (Phi) is 3.60. The molecule has 0 aliphatic carbocycles. The molecule has 0 saturated carbocycles. The van der Waals surface area contributed by atoms with Crippen LogP contribution >= 0.6 is 0 Å². The SMILES string of the molecule is NC(=O)c1ccc(Oc2ccncc2C(=O)O)cc1F. The number of carbonyl (C=O) groups is 2. The maximum absolute atomic E-state index is 13.6. The summed E-state index contributed by atoms with van der Waals surface area (Å²) in [5.41, 5.74) is 4.54. The Morgan fingerprint density at radius 1 is 1.25 bits per heavy atom. The number of aromatic carboxylic acids is 1. The lowest BCUT2D eigenvalue weighted by molar-refractivity contribution is 0.0693. The average molecular weight is 276 g/mol. The fraction of sp³-hybridized carbons (Fsp3) is 0. The summed E-state index contributed by atoms with van der Waals surface area (Å²) in [6.07, 6.45) is 2.46. The van der Waals surface area contributed by atoms with Crippen molar-refractivity contribution >= 4 is 11.9 Å². The summed E-state index contributed by atoms with van der Waals surface area (Å²) in [6.45, 7) is 0. The highest BCUT2D eigenvalue weighted by atomic mass is 19.1. The lowest BCUT2D eigenvalue weighted by Crippen LogP contribution is -2.12. The van der Waals surface area contributed by atoms with Gasteiger partial charge in [-0.05, 0) is 12.1 Å². The number of ether oxygens (including phenoxy) is 1. The molecular weight excluding hydrogens is 267 g/mol. The Hall–Kier alpha value is -2.96. The van der Waals surface area contributed by atoms with Gasteiger partial charge in [-0.3, -0.25) is 9.78 Å². The van der Waals surface area contributed by atoms with Crippen LogP contribution in [0.1, 0.15) is 20.7 Å². The van der Waals surface area contributed by atoms with Gasteiger partial charge in [0.25, 0.3) is 5.91 Å². The van der Waals surface area contributed by atoms with E-state index in [2.05, 4.69) is 4.98 Å². The molecule has 3 N–H and O–H groups in total. The summed E-state index contributed by atoms with van der Waals surface area (Å²) >= 11 is 0. The molecular formula is C13H9FN2O4. The first-order valence-corrected chi connectivity index (χ1v) is 5.43. The second kappa shape index (κ2) is 5.35. The van der Waals surface area contributed by atoms with Crippen LogP contribution in [0.5, 0.6) is 11.5 Å². The van der Waals surface area contributed by atoms with Crippen LogP contribution in [0.25, 0.3) is 0 Å². The Morgan fingerprint density at radius 3 is 2.60 bits per heavy atom. The van der Waals surface area contributed by atoms with Gasteiger partial charge in [-0.15, -0.1) is 0 Å². The van der Waals surface area contributed by atoms with Crippen LogP contribution in [0.2, 0.25) is 0 Å². The standard InChI is InChI=1S/C13H9FN2O4/c14-10-5-7(1-2-8(10)12(15)17)20-11-3-4-16-6-9(11)13(18)19/h1-6H,(H2,15,17)(H,18,19). The second-order valence-corrected chi connectivity index (χ2v) is 3.78. The molecule has 0 fully saturated rings. The topological polar surface area (TPSA) is 103 Å². The van der Waals surface area contributed by atoms with Gasteiger partial charge in [-0.25, -0.2) is 9.18 Å². The van der Waals surface area contributed by atoms with Crippen LogP contribution < -0.4 is 10.5 Å². The Bertz CT molecular complexity index is 688. The van der Waals surface area contributed by atoms with Gasteiger partial charge in [-0.1, -0.05) is 0 Å². The van der Waals surface area contributed by atoms with Crippen LogP contribution in [0.3, 0.4) is 0 Å². The third kappa shape index (κ3) is 2.72. The number of amides is 1. The lowest BCUT2D eigenvalue weighted by Gasteiger charge is -2.08. The van der Waals surface area contributed by atoms with Crippen molar-refractivity contribution < 1.29 is 23.8 Å². The molecule has 0 radical (unpaired) electrons. The molecule has 1 aromatic carbocycles. The highest BCUT2D eigenvalue weighted by molar-refractivity contribution is 5.93. The van der Waals surface area contributed by atoms with Gasteiger partial charge in [0.05, 0.1) is 5.56 Å². The highest BCUT2D eigenvalue weighted by Gasteiger charge is 2.14. The van der Waals surface area contributed by atoms with E-state index in [9.17, 15) is 14.0 Å². The van der Waals surface area contributed by atoms with Gasteiger partial charge in [0.15, 0.2) is 0 Å². The number of rotatable bonds is 4. The van der Waals surface area contributed by atoms with Gasteiger partial charge in [0.2, 0.25) is 0 Å². The van der Waals surface area contributed by atoms with E-state index in [4.69, 9.17) is 15.6 Å². The number of benzene rings is 1. The summed E-state index contributed by atoms with van der Waals surface area (Å²) < 4.78 is 18.8. The summed E-state index contributed by atoms with van der Waals surface area (Å²) in [5, 5.41) is 8.96. The number of carbonyl (C=O) groups excluding carboxylic acids is 1. The number of primary amides is 1. The molecule has 1 aromatic heterocycles. The number of halogens is 1. The Balaban J connectivity index is 2.34. The van der Waals surface area contributed by atoms with E-state index in [-0.39, 0.29) is 22.6 Å². The summed E-state index contributed by atoms with van der Waals surface area (Å²) in [6, 6.07) is 4.76. The summed E-state index contributed by atoms with van der Waals surface area (Å²) in [5.74, 6) is -2.91. The monoisotopic (exact) mass is 276 g/mol. The molecule has 7 heteroatoms. The summed E-state index contributed by atoms with van der Waals surface area (Å²) in [7, 11) is 0. The van der Waals surface area contributed by atoms with Crippen LogP contribution in [-0.2, 0) is 0 Å². The molecule has 0 aliphatic heterocycles. The molecule has 102 valence electrons. The molecule has 0 aliphatic rings. The number of hydrogen-bond donors (Lipinski definition) is 2. The zero-order chi connectivity index (χ0) is 14.7. The fourth-order valence-electron chi connectivity index (χ4n) is 1.52. The minimum atomic E-state index is -1.22. The van der Waals surface area contributed by atoms with Crippen LogP contribution in [0.4, 0.5) is 4.39 Å². The smallest absolute Gasteiger partial charge is 0.341 e. The zero-order valence-electron chi connectivity index (χ0n) is 10.0. The van der Waals surface area contributed by atoms with E-state index >= 15 is 0 Å². The minimum absolute atomic E-state index is 0.0127. The molecule has 0 bridgehead atoms. The van der Waals surface area contributed by atoms with Crippen molar-refractivity contribution in [1.29, 1.82) is 0 Å². The third-order valence-corrected chi connectivity index (χ3v) is 2.45. The predicted octanol–water partition coefficient (Wildman–Crippen LogP) is 1.81. The fourth-order valence-corrected chi connectivity index (χ4v) is 1.52. The molecule has 1 heterocycles. The number of pyridine rings is 1. The number of aromatic nitrogens is 1. The maximum Gasteiger partial charge on any atom is 0.341 e. The molecule has 1 amide bonds. The number of nitrogens with two attached hydrogens (primary N) is 1. The molecule has 2 rings (SSSR count). The number of carboxylic acid groups (broad SMARTS) is 1. The van der Waals surface area contributed by atoms with Crippen molar-refractivity contribution in [3.05, 3.63) is 53.6 Å².